The fraction of sp³-hybridized carbons (Fsp3) is 0.571. The Labute approximate surface area is 116 Å². The standard InChI is InChI=1S/C14H24N2O2S/c1-6-16(9-10(2)3)19(17,18)14-8-12(5)11(4)7-13(14)15/h7-8,10H,6,9,15H2,1-5H3. The second-order valence-electron chi connectivity index (χ2n) is 5.32. The molecule has 1 aromatic rings. The van der Waals surface area contributed by atoms with E-state index in [9.17, 15) is 8.42 Å². The maximum Gasteiger partial charge on any atom is 0.245 e. The van der Waals surface area contributed by atoms with E-state index >= 15 is 0 Å². The molecule has 0 spiro atoms. The fourth-order valence-corrected chi connectivity index (χ4v) is 3.77. The number of hydrogen-bond acceptors (Lipinski definition) is 3. The zero-order valence-corrected chi connectivity index (χ0v) is 13.2. The average Bonchev–Trinajstić information content (AvgIpc) is 2.30. The van der Waals surface area contributed by atoms with Crippen LogP contribution in [0.1, 0.15) is 31.9 Å². The van der Waals surface area contributed by atoms with Gasteiger partial charge in [0.1, 0.15) is 4.90 Å². The van der Waals surface area contributed by atoms with Crippen molar-refractivity contribution in [1.82, 2.24) is 4.31 Å². The van der Waals surface area contributed by atoms with Crippen molar-refractivity contribution in [2.75, 3.05) is 18.8 Å². The Morgan fingerprint density at radius 1 is 1.21 bits per heavy atom. The van der Waals surface area contributed by atoms with Crippen molar-refractivity contribution >= 4 is 15.7 Å². The van der Waals surface area contributed by atoms with Crippen LogP contribution in [-0.4, -0.2) is 25.8 Å². The van der Waals surface area contributed by atoms with Crippen molar-refractivity contribution in [3.8, 4) is 0 Å². The lowest BCUT2D eigenvalue weighted by molar-refractivity contribution is 0.381. The summed E-state index contributed by atoms with van der Waals surface area (Å²) in [7, 11) is -3.51. The van der Waals surface area contributed by atoms with Gasteiger partial charge in [-0.3, -0.25) is 0 Å². The molecule has 0 unspecified atom stereocenters. The Balaban J connectivity index is 3.30. The Hall–Kier alpha value is -1.07. The van der Waals surface area contributed by atoms with E-state index < -0.39 is 10.0 Å². The summed E-state index contributed by atoms with van der Waals surface area (Å²) >= 11 is 0. The molecule has 0 saturated heterocycles. The first-order valence-electron chi connectivity index (χ1n) is 6.57. The van der Waals surface area contributed by atoms with Crippen LogP contribution in [0.25, 0.3) is 0 Å². The number of rotatable bonds is 5. The Bertz CT molecular complexity index is 551. The van der Waals surface area contributed by atoms with Crippen LogP contribution in [0.3, 0.4) is 0 Å². The van der Waals surface area contributed by atoms with Crippen LogP contribution in [0, 0.1) is 19.8 Å². The highest BCUT2D eigenvalue weighted by atomic mass is 32.2. The molecule has 1 rings (SSSR count). The van der Waals surface area contributed by atoms with Crippen molar-refractivity contribution in [1.29, 1.82) is 0 Å². The molecule has 0 aliphatic rings. The molecule has 2 N–H and O–H groups in total. The van der Waals surface area contributed by atoms with Gasteiger partial charge in [-0.1, -0.05) is 20.8 Å². The van der Waals surface area contributed by atoms with Gasteiger partial charge in [0, 0.05) is 13.1 Å². The Morgan fingerprint density at radius 3 is 2.21 bits per heavy atom. The number of hydrogen-bond donors (Lipinski definition) is 1. The van der Waals surface area contributed by atoms with Gasteiger partial charge < -0.3 is 5.73 Å². The van der Waals surface area contributed by atoms with Gasteiger partial charge in [0.15, 0.2) is 0 Å². The number of nitrogens with two attached hydrogens (primary N) is 1. The molecule has 0 aliphatic carbocycles. The first-order valence-corrected chi connectivity index (χ1v) is 8.01. The topological polar surface area (TPSA) is 63.4 Å². The van der Waals surface area contributed by atoms with Gasteiger partial charge in [0.05, 0.1) is 5.69 Å². The molecule has 0 bridgehead atoms. The summed E-state index contributed by atoms with van der Waals surface area (Å²) in [6, 6.07) is 3.40. The van der Waals surface area contributed by atoms with Crippen molar-refractivity contribution < 1.29 is 8.42 Å². The van der Waals surface area contributed by atoms with E-state index in [0.717, 1.165) is 11.1 Å². The van der Waals surface area contributed by atoms with Crippen LogP contribution in [-0.2, 0) is 10.0 Å². The number of nitrogens with zero attached hydrogens (tertiary/aromatic N) is 1. The smallest absolute Gasteiger partial charge is 0.245 e. The first kappa shape index (κ1) is 16.0. The SMILES string of the molecule is CCN(CC(C)C)S(=O)(=O)c1cc(C)c(C)cc1N. The third kappa shape index (κ3) is 3.48. The van der Waals surface area contributed by atoms with Gasteiger partial charge in [-0.15, -0.1) is 0 Å². The van der Waals surface area contributed by atoms with Gasteiger partial charge in [0.2, 0.25) is 10.0 Å². The number of benzene rings is 1. The molecule has 4 nitrogen and oxygen atoms in total. The Kier molecular flexibility index (Phi) is 4.98. The summed E-state index contributed by atoms with van der Waals surface area (Å²) in [6.45, 7) is 10.6. The summed E-state index contributed by atoms with van der Waals surface area (Å²) in [4.78, 5) is 0.220. The van der Waals surface area contributed by atoms with Gasteiger partial charge in [-0.05, 0) is 43.0 Å². The lowest BCUT2D eigenvalue weighted by Crippen LogP contribution is -2.34. The molecule has 5 heteroatoms. The first-order chi connectivity index (χ1) is 8.70. The molecule has 0 aromatic heterocycles. The van der Waals surface area contributed by atoms with Crippen LogP contribution in [0.2, 0.25) is 0 Å². The van der Waals surface area contributed by atoms with E-state index in [0.29, 0.717) is 18.8 Å². The number of aryl methyl sites for hydroxylation is 2. The summed E-state index contributed by atoms with van der Waals surface area (Å²) in [5, 5.41) is 0. The minimum absolute atomic E-state index is 0.220. The zero-order chi connectivity index (χ0) is 14.8. The van der Waals surface area contributed by atoms with Gasteiger partial charge in [-0.25, -0.2) is 8.42 Å². The van der Waals surface area contributed by atoms with Crippen LogP contribution >= 0.6 is 0 Å². The summed E-state index contributed by atoms with van der Waals surface area (Å²) in [5.41, 5.74) is 8.16. The molecule has 0 aliphatic heterocycles. The molecular weight excluding hydrogens is 260 g/mol. The highest BCUT2D eigenvalue weighted by Gasteiger charge is 2.26. The van der Waals surface area contributed by atoms with E-state index in [2.05, 4.69) is 0 Å². The maximum atomic E-state index is 12.6. The molecule has 0 amide bonds. The minimum atomic E-state index is -3.51. The van der Waals surface area contributed by atoms with Crippen LogP contribution in [0.4, 0.5) is 5.69 Å². The van der Waals surface area contributed by atoms with Gasteiger partial charge in [-0.2, -0.15) is 4.31 Å². The highest BCUT2D eigenvalue weighted by molar-refractivity contribution is 7.89. The van der Waals surface area contributed by atoms with Crippen LogP contribution in [0.5, 0.6) is 0 Å². The predicted molar refractivity (Wildman–Crippen MR) is 79.6 cm³/mol. The quantitative estimate of drug-likeness (QED) is 0.845. The fourth-order valence-electron chi connectivity index (χ4n) is 1.98. The monoisotopic (exact) mass is 284 g/mol. The van der Waals surface area contributed by atoms with Gasteiger partial charge in [0.25, 0.3) is 0 Å². The van der Waals surface area contributed by atoms with E-state index in [1.807, 2.05) is 34.6 Å². The second-order valence-corrected chi connectivity index (χ2v) is 7.23. The zero-order valence-electron chi connectivity index (χ0n) is 12.4. The minimum Gasteiger partial charge on any atom is -0.398 e. The van der Waals surface area contributed by atoms with Crippen molar-refractivity contribution in [3.05, 3.63) is 23.3 Å². The van der Waals surface area contributed by atoms with Crippen molar-refractivity contribution in [2.24, 2.45) is 5.92 Å². The lowest BCUT2D eigenvalue weighted by atomic mass is 10.1. The van der Waals surface area contributed by atoms with E-state index in [1.54, 1.807) is 12.1 Å². The van der Waals surface area contributed by atoms with Crippen LogP contribution in [0.15, 0.2) is 17.0 Å². The molecule has 108 valence electrons. The molecule has 0 fully saturated rings. The number of nitrogen functional groups attached to an aromatic ring is 1. The molecule has 0 radical (unpaired) electrons. The van der Waals surface area contributed by atoms with E-state index in [-0.39, 0.29) is 10.8 Å². The van der Waals surface area contributed by atoms with Crippen molar-refractivity contribution in [3.63, 3.8) is 0 Å². The average molecular weight is 284 g/mol. The van der Waals surface area contributed by atoms with E-state index in [1.165, 1.54) is 4.31 Å². The molecule has 0 saturated carbocycles. The maximum absolute atomic E-state index is 12.6. The highest BCUT2D eigenvalue weighted by Crippen LogP contribution is 2.26. The van der Waals surface area contributed by atoms with Crippen LogP contribution < -0.4 is 5.73 Å². The van der Waals surface area contributed by atoms with E-state index in [4.69, 9.17) is 5.73 Å². The lowest BCUT2D eigenvalue weighted by Gasteiger charge is -2.23. The third-order valence-electron chi connectivity index (χ3n) is 3.17. The molecule has 1 aromatic carbocycles. The summed E-state index contributed by atoms with van der Waals surface area (Å²) in [6.07, 6.45) is 0. The normalized spacial score (nSPS) is 12.4. The molecular formula is C14H24N2O2S. The molecule has 0 heterocycles. The van der Waals surface area contributed by atoms with Gasteiger partial charge >= 0.3 is 0 Å². The third-order valence-corrected chi connectivity index (χ3v) is 5.16. The van der Waals surface area contributed by atoms with Crippen molar-refractivity contribution in [2.45, 2.75) is 39.5 Å². The number of anilines is 1. The molecule has 19 heavy (non-hydrogen) atoms. The Morgan fingerprint density at radius 2 is 1.74 bits per heavy atom. The summed E-state index contributed by atoms with van der Waals surface area (Å²) < 4.78 is 26.7. The largest absolute Gasteiger partial charge is 0.398 e. The second kappa shape index (κ2) is 5.92. The summed E-state index contributed by atoms with van der Waals surface area (Å²) in [5.74, 6) is 0.280. The predicted octanol–water partition coefficient (Wildman–Crippen LogP) is 2.55. The molecule has 0 atom stereocenters. The number of sulfonamides is 1.